The number of oxazole rings is 1. The Morgan fingerprint density at radius 1 is 1.26 bits per heavy atom. The summed E-state index contributed by atoms with van der Waals surface area (Å²) >= 11 is 0. The first-order valence-corrected chi connectivity index (χ1v) is 10.7. The fourth-order valence-electron chi connectivity index (χ4n) is 3.65. The number of amides is 1. The summed E-state index contributed by atoms with van der Waals surface area (Å²) in [5, 5.41) is 2.70. The van der Waals surface area contributed by atoms with E-state index in [1.54, 1.807) is 13.8 Å². The number of aliphatic imine (C=N–C) groups is 1. The van der Waals surface area contributed by atoms with Crippen LogP contribution in [0.25, 0.3) is 5.57 Å². The predicted molar refractivity (Wildman–Crippen MR) is 116 cm³/mol. The van der Waals surface area contributed by atoms with Crippen molar-refractivity contribution in [1.82, 2.24) is 15.3 Å². The fourth-order valence-corrected chi connectivity index (χ4v) is 3.65. The molecule has 1 aliphatic rings. The Hall–Kier alpha value is -3.11. The van der Waals surface area contributed by atoms with Gasteiger partial charge in [0.15, 0.2) is 0 Å². The number of hydrogen-bond acceptors (Lipinski definition) is 5. The van der Waals surface area contributed by atoms with E-state index < -0.39 is 35.3 Å². The average molecular weight is 484 g/mol. The number of allylic oxidation sites excluding steroid dienone is 2. The fraction of sp³-hybridized carbons (Fsp3) is 0.478. The maximum Gasteiger partial charge on any atom is 0.417 e. The number of aromatic nitrogens is 2. The van der Waals surface area contributed by atoms with Crippen LogP contribution >= 0.6 is 0 Å². The number of fused-ring (bicyclic) bond motifs is 1. The summed E-state index contributed by atoms with van der Waals surface area (Å²) < 4.78 is 72.5. The van der Waals surface area contributed by atoms with Crippen LogP contribution in [0.4, 0.5) is 22.0 Å². The molecule has 1 N–H and O–H groups in total. The number of aryl methyl sites for hydroxylation is 1. The van der Waals surface area contributed by atoms with Crippen LogP contribution in [0.5, 0.6) is 0 Å². The molecule has 0 spiro atoms. The van der Waals surface area contributed by atoms with Crippen LogP contribution < -0.4 is 5.32 Å². The van der Waals surface area contributed by atoms with Crippen LogP contribution in [-0.2, 0) is 12.6 Å². The van der Waals surface area contributed by atoms with E-state index in [0.29, 0.717) is 42.5 Å². The van der Waals surface area contributed by atoms with Crippen LogP contribution in [0.3, 0.4) is 0 Å². The van der Waals surface area contributed by atoms with E-state index in [2.05, 4.69) is 20.3 Å². The molecule has 0 aromatic carbocycles. The third-order valence-corrected chi connectivity index (χ3v) is 5.44. The van der Waals surface area contributed by atoms with Crippen LogP contribution in [0.15, 0.2) is 33.9 Å². The van der Waals surface area contributed by atoms with Gasteiger partial charge >= 0.3 is 6.18 Å². The molecule has 1 aliphatic carbocycles. The first kappa shape index (κ1) is 25.5. The number of hydrogen-bond donors (Lipinski definition) is 1. The molecule has 0 bridgehead atoms. The second-order valence-electron chi connectivity index (χ2n) is 8.46. The minimum absolute atomic E-state index is 0.146. The van der Waals surface area contributed by atoms with Gasteiger partial charge in [0.05, 0.1) is 17.2 Å². The lowest BCUT2D eigenvalue weighted by molar-refractivity contribution is -0.137. The van der Waals surface area contributed by atoms with Crippen molar-refractivity contribution in [3.05, 3.63) is 53.0 Å². The van der Waals surface area contributed by atoms with Crippen molar-refractivity contribution in [3.63, 3.8) is 0 Å². The largest absolute Gasteiger partial charge is 0.441 e. The first-order chi connectivity index (χ1) is 15.8. The molecule has 2 aromatic rings. The summed E-state index contributed by atoms with van der Waals surface area (Å²) in [5.41, 5.74) is -0.833. The Bertz CT molecular complexity index is 1110. The lowest BCUT2D eigenvalue weighted by Crippen LogP contribution is -2.31. The Balaban J connectivity index is 1.90. The van der Waals surface area contributed by atoms with Gasteiger partial charge in [-0.3, -0.25) is 14.8 Å². The van der Waals surface area contributed by atoms with E-state index in [-0.39, 0.29) is 17.4 Å². The number of halogens is 5. The van der Waals surface area contributed by atoms with Crippen molar-refractivity contribution in [2.45, 2.75) is 58.2 Å². The Morgan fingerprint density at radius 3 is 2.56 bits per heavy atom. The number of alkyl halides is 5. The smallest absolute Gasteiger partial charge is 0.417 e. The Morgan fingerprint density at radius 2 is 1.97 bits per heavy atom. The monoisotopic (exact) mass is 484 g/mol. The van der Waals surface area contributed by atoms with E-state index in [0.717, 1.165) is 19.2 Å². The summed E-state index contributed by atoms with van der Waals surface area (Å²) in [7, 11) is 1.27. The molecule has 3 rings (SSSR count). The minimum Gasteiger partial charge on any atom is -0.441 e. The molecule has 0 saturated heterocycles. The Labute approximate surface area is 193 Å². The topological polar surface area (TPSA) is 80.4 Å². The summed E-state index contributed by atoms with van der Waals surface area (Å²) in [6.45, 7) is 4.35. The summed E-state index contributed by atoms with van der Waals surface area (Å²) in [5.74, 6) is -3.46. The SMILES string of the molecule is CN=C(/C=C(/c1nc2c(o1)CCCC2NC(=O)c1cncc(C(F)(F)F)c1)C(C)C)C(C)(F)F. The zero-order valence-corrected chi connectivity index (χ0v) is 19.1. The number of pyridine rings is 1. The van der Waals surface area contributed by atoms with Crippen LogP contribution in [0.2, 0.25) is 0 Å². The highest BCUT2D eigenvalue weighted by Gasteiger charge is 2.33. The number of carbonyl (C=O) groups excluding carboxylic acids is 1. The highest BCUT2D eigenvalue weighted by atomic mass is 19.4. The first-order valence-electron chi connectivity index (χ1n) is 10.7. The van der Waals surface area contributed by atoms with Crippen molar-refractivity contribution in [2.24, 2.45) is 10.9 Å². The van der Waals surface area contributed by atoms with E-state index in [4.69, 9.17) is 4.42 Å². The molecule has 1 atom stereocenters. The molecular formula is C23H25F5N4O2. The van der Waals surface area contributed by atoms with Gasteiger partial charge in [-0.05, 0) is 30.9 Å². The summed E-state index contributed by atoms with van der Waals surface area (Å²) in [6.07, 6.45) is -0.00748. The molecule has 0 saturated carbocycles. The van der Waals surface area contributed by atoms with Crippen LogP contribution in [-0.4, -0.2) is 34.6 Å². The highest BCUT2D eigenvalue weighted by Crippen LogP contribution is 2.35. The standard InChI is InChI=1S/C23H25F5N4O2/c1-12(2)15(9-18(29-4)22(3,24)25)21-32-19-16(6-5-7-17(19)34-21)31-20(33)13-8-14(11-30-10-13)23(26,27)28/h8-12,16H,5-7H2,1-4H3,(H,31,33)/b15-9+,29-18?. The van der Waals surface area contributed by atoms with Gasteiger partial charge < -0.3 is 9.73 Å². The van der Waals surface area contributed by atoms with Crippen molar-refractivity contribution in [2.75, 3.05) is 7.05 Å². The number of carbonyl (C=O) groups is 1. The molecule has 0 radical (unpaired) electrons. The zero-order chi connectivity index (χ0) is 25.3. The molecule has 2 aromatic heterocycles. The summed E-state index contributed by atoms with van der Waals surface area (Å²) in [4.78, 5) is 24.3. The van der Waals surface area contributed by atoms with Crippen molar-refractivity contribution in [1.29, 1.82) is 0 Å². The molecule has 1 amide bonds. The van der Waals surface area contributed by atoms with E-state index in [9.17, 15) is 26.7 Å². The van der Waals surface area contributed by atoms with Gasteiger partial charge in [-0.25, -0.2) is 4.98 Å². The van der Waals surface area contributed by atoms with Gasteiger partial charge in [-0.2, -0.15) is 22.0 Å². The van der Waals surface area contributed by atoms with Gasteiger partial charge in [0.1, 0.15) is 17.2 Å². The molecule has 184 valence electrons. The lowest BCUT2D eigenvalue weighted by atomic mass is 9.96. The van der Waals surface area contributed by atoms with Gasteiger partial charge in [0, 0.05) is 38.4 Å². The van der Waals surface area contributed by atoms with Crippen molar-refractivity contribution in [3.8, 4) is 0 Å². The third kappa shape index (κ3) is 5.68. The molecule has 1 unspecified atom stereocenters. The molecule has 11 heteroatoms. The molecule has 6 nitrogen and oxygen atoms in total. The maximum atomic E-state index is 13.9. The molecule has 0 aliphatic heterocycles. The highest BCUT2D eigenvalue weighted by molar-refractivity contribution is 6.04. The summed E-state index contributed by atoms with van der Waals surface area (Å²) in [6, 6.07) is 0.125. The van der Waals surface area contributed by atoms with Crippen LogP contribution in [0.1, 0.15) is 72.9 Å². The average Bonchev–Trinajstić information content (AvgIpc) is 3.17. The molecule has 0 fully saturated rings. The Kier molecular flexibility index (Phi) is 7.23. The molecule has 34 heavy (non-hydrogen) atoms. The minimum atomic E-state index is -4.63. The van der Waals surface area contributed by atoms with Gasteiger partial charge in [-0.1, -0.05) is 13.8 Å². The molecule has 2 heterocycles. The lowest BCUT2D eigenvalue weighted by Gasteiger charge is -2.21. The third-order valence-electron chi connectivity index (χ3n) is 5.44. The maximum absolute atomic E-state index is 13.9. The zero-order valence-electron chi connectivity index (χ0n) is 19.1. The van der Waals surface area contributed by atoms with Crippen molar-refractivity contribution < 1.29 is 31.2 Å². The predicted octanol–water partition coefficient (Wildman–Crippen LogP) is 5.66. The van der Waals surface area contributed by atoms with Gasteiger partial charge in [0.2, 0.25) is 5.89 Å². The van der Waals surface area contributed by atoms with E-state index in [1.165, 1.54) is 13.1 Å². The van der Waals surface area contributed by atoms with Gasteiger partial charge in [-0.15, -0.1) is 0 Å². The van der Waals surface area contributed by atoms with E-state index >= 15 is 0 Å². The second-order valence-corrected chi connectivity index (χ2v) is 8.46. The molecular weight excluding hydrogens is 459 g/mol. The number of nitrogens with one attached hydrogen (secondary N) is 1. The van der Waals surface area contributed by atoms with Gasteiger partial charge in [0.25, 0.3) is 11.8 Å². The van der Waals surface area contributed by atoms with Crippen molar-refractivity contribution >= 4 is 17.2 Å². The number of rotatable bonds is 6. The van der Waals surface area contributed by atoms with E-state index in [1.807, 2.05) is 0 Å². The quantitative estimate of drug-likeness (QED) is 0.424. The number of nitrogens with zero attached hydrogens (tertiary/aromatic N) is 3. The normalized spacial score (nSPS) is 17.6. The second kappa shape index (κ2) is 9.63. The van der Waals surface area contributed by atoms with Crippen LogP contribution in [0, 0.1) is 5.92 Å².